The zero-order valence-corrected chi connectivity index (χ0v) is 10.9. The molecule has 0 amide bonds. The minimum absolute atomic E-state index is 0.00313. The number of hydrogen-bond donors (Lipinski definition) is 0. The Morgan fingerprint density at radius 1 is 1.28 bits per heavy atom. The average Bonchev–Trinajstić information content (AvgIpc) is 2.77. The average molecular weight is 242 g/mol. The third kappa shape index (κ3) is 3.03. The molecule has 18 heavy (non-hydrogen) atoms. The van der Waals surface area contributed by atoms with Crippen LogP contribution in [-0.2, 0) is 13.0 Å². The molecule has 0 radical (unpaired) electrons. The summed E-state index contributed by atoms with van der Waals surface area (Å²) in [5.74, 6) is 0.892. The second-order valence-electron chi connectivity index (χ2n) is 5.11. The highest BCUT2D eigenvalue weighted by Crippen LogP contribution is 2.21. The Labute approximate surface area is 107 Å². The minimum Gasteiger partial charge on any atom is -0.225 e. The lowest BCUT2D eigenvalue weighted by Crippen LogP contribution is -2.16. The summed E-state index contributed by atoms with van der Waals surface area (Å²) >= 11 is 0. The van der Waals surface area contributed by atoms with Gasteiger partial charge in [-0.05, 0) is 21.4 Å². The first kappa shape index (κ1) is 12.5. The van der Waals surface area contributed by atoms with E-state index in [1.165, 1.54) is 5.56 Å². The molecule has 0 bridgehead atoms. The minimum atomic E-state index is 0.00313. The van der Waals surface area contributed by atoms with Crippen LogP contribution in [0.5, 0.6) is 0 Å². The fraction of sp³-hybridized carbons (Fsp3) is 0.357. The number of tetrazole rings is 1. The molecule has 0 atom stereocenters. The SMILES string of the molecule is C=CC(C)(C)Cc1nnnn1Cc1ccccc1. The highest BCUT2D eigenvalue weighted by Gasteiger charge is 2.18. The number of rotatable bonds is 5. The maximum Gasteiger partial charge on any atom is 0.152 e. The topological polar surface area (TPSA) is 43.6 Å². The molecule has 2 aromatic rings. The van der Waals surface area contributed by atoms with Crippen molar-refractivity contribution in [2.45, 2.75) is 26.8 Å². The summed E-state index contributed by atoms with van der Waals surface area (Å²) in [6.07, 6.45) is 2.73. The van der Waals surface area contributed by atoms with Gasteiger partial charge in [0.05, 0.1) is 6.54 Å². The van der Waals surface area contributed by atoms with Crippen LogP contribution < -0.4 is 0 Å². The summed E-state index contributed by atoms with van der Waals surface area (Å²) in [6, 6.07) is 10.2. The summed E-state index contributed by atoms with van der Waals surface area (Å²) in [7, 11) is 0. The van der Waals surface area contributed by atoms with Crippen molar-refractivity contribution in [3.8, 4) is 0 Å². The number of aromatic nitrogens is 4. The largest absolute Gasteiger partial charge is 0.225 e. The van der Waals surface area contributed by atoms with Gasteiger partial charge < -0.3 is 0 Å². The molecule has 0 unspecified atom stereocenters. The second kappa shape index (κ2) is 5.12. The van der Waals surface area contributed by atoms with Crippen LogP contribution in [0.15, 0.2) is 43.0 Å². The molecule has 4 heteroatoms. The maximum absolute atomic E-state index is 4.10. The Morgan fingerprint density at radius 2 is 2.00 bits per heavy atom. The van der Waals surface area contributed by atoms with Crippen molar-refractivity contribution in [2.24, 2.45) is 5.41 Å². The smallest absolute Gasteiger partial charge is 0.152 e. The van der Waals surface area contributed by atoms with Crippen LogP contribution in [0.1, 0.15) is 25.2 Å². The van der Waals surface area contributed by atoms with Crippen molar-refractivity contribution >= 4 is 0 Å². The molecule has 94 valence electrons. The molecule has 1 heterocycles. The maximum atomic E-state index is 4.10. The molecule has 0 aliphatic carbocycles. The summed E-state index contributed by atoms with van der Waals surface area (Å²) in [4.78, 5) is 0. The van der Waals surface area contributed by atoms with Crippen LogP contribution in [0.2, 0.25) is 0 Å². The molecular formula is C14H18N4. The first-order valence-corrected chi connectivity index (χ1v) is 6.03. The Bertz CT molecular complexity index is 514. The predicted octanol–water partition coefficient (Wildman–Crippen LogP) is 2.48. The normalized spacial score (nSPS) is 11.4. The molecule has 0 saturated carbocycles. The molecule has 0 aliphatic heterocycles. The fourth-order valence-corrected chi connectivity index (χ4v) is 1.71. The lowest BCUT2D eigenvalue weighted by Gasteiger charge is -2.18. The van der Waals surface area contributed by atoms with Crippen LogP contribution in [0.3, 0.4) is 0 Å². The number of hydrogen-bond acceptors (Lipinski definition) is 3. The summed E-state index contributed by atoms with van der Waals surface area (Å²) in [5, 5.41) is 11.9. The van der Waals surface area contributed by atoms with Crippen LogP contribution in [0, 0.1) is 5.41 Å². The van der Waals surface area contributed by atoms with Crippen molar-refractivity contribution in [3.05, 3.63) is 54.4 Å². The highest BCUT2D eigenvalue weighted by atomic mass is 15.5. The van der Waals surface area contributed by atoms with Gasteiger partial charge in [-0.15, -0.1) is 11.7 Å². The van der Waals surface area contributed by atoms with Crippen LogP contribution in [0.4, 0.5) is 0 Å². The fourth-order valence-electron chi connectivity index (χ4n) is 1.71. The van der Waals surface area contributed by atoms with E-state index in [9.17, 15) is 0 Å². The van der Waals surface area contributed by atoms with E-state index in [1.807, 2.05) is 29.0 Å². The van der Waals surface area contributed by atoms with Crippen molar-refractivity contribution < 1.29 is 0 Å². The summed E-state index contributed by atoms with van der Waals surface area (Å²) in [6.45, 7) is 8.81. The second-order valence-corrected chi connectivity index (χ2v) is 5.11. The highest BCUT2D eigenvalue weighted by molar-refractivity contribution is 5.15. The van der Waals surface area contributed by atoms with Gasteiger partial charge in [0.25, 0.3) is 0 Å². The zero-order chi connectivity index (χ0) is 13.0. The van der Waals surface area contributed by atoms with Crippen molar-refractivity contribution in [1.29, 1.82) is 0 Å². The van der Waals surface area contributed by atoms with Crippen molar-refractivity contribution in [1.82, 2.24) is 20.2 Å². The van der Waals surface area contributed by atoms with E-state index < -0.39 is 0 Å². The zero-order valence-electron chi connectivity index (χ0n) is 10.9. The predicted molar refractivity (Wildman–Crippen MR) is 71.0 cm³/mol. The van der Waals surface area contributed by atoms with Gasteiger partial charge in [0.15, 0.2) is 5.82 Å². The van der Waals surface area contributed by atoms with Gasteiger partial charge in [0, 0.05) is 6.42 Å². The van der Waals surface area contributed by atoms with Gasteiger partial charge in [0.1, 0.15) is 0 Å². The van der Waals surface area contributed by atoms with E-state index >= 15 is 0 Å². The Kier molecular flexibility index (Phi) is 3.55. The number of benzene rings is 1. The first-order chi connectivity index (χ1) is 8.61. The van der Waals surface area contributed by atoms with Crippen molar-refractivity contribution in [2.75, 3.05) is 0 Å². The van der Waals surface area contributed by atoms with Crippen LogP contribution in [-0.4, -0.2) is 20.2 Å². The van der Waals surface area contributed by atoms with E-state index in [0.717, 1.165) is 12.2 Å². The number of allylic oxidation sites excluding steroid dienone is 1. The summed E-state index contributed by atoms with van der Waals surface area (Å²) < 4.78 is 1.85. The summed E-state index contributed by atoms with van der Waals surface area (Å²) in [5.41, 5.74) is 1.20. The van der Waals surface area contributed by atoms with Crippen LogP contribution >= 0.6 is 0 Å². The van der Waals surface area contributed by atoms with Crippen molar-refractivity contribution in [3.63, 3.8) is 0 Å². The first-order valence-electron chi connectivity index (χ1n) is 6.03. The monoisotopic (exact) mass is 242 g/mol. The van der Waals surface area contributed by atoms with Gasteiger partial charge >= 0.3 is 0 Å². The van der Waals surface area contributed by atoms with E-state index in [4.69, 9.17) is 0 Å². The van der Waals surface area contributed by atoms with Gasteiger partial charge in [-0.2, -0.15) is 0 Å². The molecule has 0 spiro atoms. The molecule has 0 aliphatic rings. The Hall–Kier alpha value is -1.97. The molecule has 0 fully saturated rings. The van der Waals surface area contributed by atoms with E-state index in [2.05, 4.69) is 48.1 Å². The molecule has 1 aromatic carbocycles. The lowest BCUT2D eigenvalue weighted by molar-refractivity contribution is 0.447. The van der Waals surface area contributed by atoms with Gasteiger partial charge in [-0.3, -0.25) is 0 Å². The van der Waals surface area contributed by atoms with Gasteiger partial charge in [-0.1, -0.05) is 50.3 Å². The third-order valence-electron chi connectivity index (χ3n) is 2.95. The van der Waals surface area contributed by atoms with Crippen LogP contribution in [0.25, 0.3) is 0 Å². The number of nitrogens with zero attached hydrogens (tertiary/aromatic N) is 4. The Morgan fingerprint density at radius 3 is 2.67 bits per heavy atom. The van der Waals surface area contributed by atoms with Gasteiger partial charge in [0.2, 0.25) is 0 Å². The van der Waals surface area contributed by atoms with E-state index in [1.54, 1.807) is 0 Å². The third-order valence-corrected chi connectivity index (χ3v) is 2.95. The molecule has 1 aromatic heterocycles. The van der Waals surface area contributed by atoms with E-state index in [-0.39, 0.29) is 5.41 Å². The molecule has 4 nitrogen and oxygen atoms in total. The van der Waals surface area contributed by atoms with E-state index in [0.29, 0.717) is 6.54 Å². The molecule has 0 N–H and O–H groups in total. The molecule has 0 saturated heterocycles. The Balaban J connectivity index is 2.16. The lowest BCUT2D eigenvalue weighted by atomic mass is 9.89. The van der Waals surface area contributed by atoms with Gasteiger partial charge in [-0.25, -0.2) is 4.68 Å². The quantitative estimate of drug-likeness (QED) is 0.756. The molecule has 2 rings (SSSR count). The molecular weight excluding hydrogens is 224 g/mol. The standard InChI is InChI=1S/C14H18N4/c1-4-14(2,3)10-13-15-16-17-18(13)11-12-8-6-5-7-9-12/h4-9H,1,10-11H2,2-3H3.